The molecule has 1 aliphatic rings. The van der Waals surface area contributed by atoms with Crippen LogP contribution in [0.4, 0.5) is 0 Å². The fourth-order valence-corrected chi connectivity index (χ4v) is 1.79. The van der Waals surface area contributed by atoms with E-state index < -0.39 is 0 Å². The first-order valence-electron chi connectivity index (χ1n) is 5.40. The first-order chi connectivity index (χ1) is 8.15. The number of hydrogen-bond donors (Lipinski definition) is 1. The minimum absolute atomic E-state index is 0.0448. The minimum Gasteiger partial charge on any atom is -0.493 e. The van der Waals surface area contributed by atoms with E-state index >= 15 is 0 Å². The lowest BCUT2D eigenvalue weighted by molar-refractivity contribution is 0.0298. The molecule has 1 aromatic heterocycles. The highest BCUT2D eigenvalue weighted by molar-refractivity contribution is 5.96. The van der Waals surface area contributed by atoms with E-state index in [9.17, 15) is 9.90 Å². The standard InChI is InChI=1S/C11H15N3O3/c1-3-8-9(12-13(2)10(8)15)11(16)14-4-6-17-7-5-14/h3,15H,1,4-7H2,2H3. The summed E-state index contributed by atoms with van der Waals surface area (Å²) in [4.78, 5) is 13.8. The summed E-state index contributed by atoms with van der Waals surface area (Å²) in [7, 11) is 1.58. The van der Waals surface area contributed by atoms with E-state index in [1.54, 1.807) is 11.9 Å². The first kappa shape index (κ1) is 11.7. The lowest BCUT2D eigenvalue weighted by atomic mass is 10.2. The quantitative estimate of drug-likeness (QED) is 0.800. The van der Waals surface area contributed by atoms with Crippen LogP contribution in [-0.4, -0.2) is 52.0 Å². The summed E-state index contributed by atoms with van der Waals surface area (Å²) in [6.45, 7) is 5.75. The molecule has 0 aliphatic carbocycles. The third-order valence-electron chi connectivity index (χ3n) is 2.76. The fourth-order valence-electron chi connectivity index (χ4n) is 1.79. The molecule has 92 valence electrons. The maximum Gasteiger partial charge on any atom is 0.275 e. The second kappa shape index (κ2) is 4.58. The van der Waals surface area contributed by atoms with Crippen LogP contribution in [0, 0.1) is 0 Å². The molecule has 0 bridgehead atoms. The molecule has 1 N–H and O–H groups in total. The molecule has 1 fully saturated rings. The van der Waals surface area contributed by atoms with Gasteiger partial charge in [0, 0.05) is 20.1 Å². The molecule has 0 atom stereocenters. The lowest BCUT2D eigenvalue weighted by Crippen LogP contribution is -2.41. The number of rotatable bonds is 2. The molecule has 1 aromatic rings. The van der Waals surface area contributed by atoms with Crippen molar-refractivity contribution in [1.82, 2.24) is 14.7 Å². The number of carbonyl (C=O) groups excluding carboxylic acids is 1. The van der Waals surface area contributed by atoms with Gasteiger partial charge in [0.25, 0.3) is 5.91 Å². The van der Waals surface area contributed by atoms with Crippen molar-refractivity contribution in [1.29, 1.82) is 0 Å². The van der Waals surface area contributed by atoms with Crippen molar-refractivity contribution in [3.05, 3.63) is 17.8 Å². The van der Waals surface area contributed by atoms with Crippen molar-refractivity contribution >= 4 is 12.0 Å². The fraction of sp³-hybridized carbons (Fsp3) is 0.455. The molecule has 0 aromatic carbocycles. The Morgan fingerprint density at radius 1 is 1.53 bits per heavy atom. The third-order valence-corrected chi connectivity index (χ3v) is 2.76. The lowest BCUT2D eigenvalue weighted by Gasteiger charge is -2.26. The van der Waals surface area contributed by atoms with Gasteiger partial charge in [-0.2, -0.15) is 5.10 Å². The highest BCUT2D eigenvalue weighted by atomic mass is 16.5. The summed E-state index contributed by atoms with van der Waals surface area (Å²) < 4.78 is 6.45. The van der Waals surface area contributed by atoms with Crippen molar-refractivity contribution < 1.29 is 14.6 Å². The molecule has 6 heteroatoms. The smallest absolute Gasteiger partial charge is 0.275 e. The van der Waals surface area contributed by atoms with Crippen LogP contribution in [0.2, 0.25) is 0 Å². The molecule has 2 rings (SSSR count). The predicted molar refractivity (Wildman–Crippen MR) is 61.7 cm³/mol. The average Bonchev–Trinajstić information content (AvgIpc) is 2.65. The van der Waals surface area contributed by atoms with Crippen molar-refractivity contribution in [3.63, 3.8) is 0 Å². The van der Waals surface area contributed by atoms with Crippen molar-refractivity contribution in [2.24, 2.45) is 7.05 Å². The third kappa shape index (κ3) is 2.03. The maximum atomic E-state index is 12.2. The van der Waals surface area contributed by atoms with E-state index in [2.05, 4.69) is 11.7 Å². The number of aromatic nitrogens is 2. The molecular weight excluding hydrogens is 222 g/mol. The normalized spacial score (nSPS) is 15.9. The zero-order valence-corrected chi connectivity index (χ0v) is 9.72. The zero-order valence-electron chi connectivity index (χ0n) is 9.72. The van der Waals surface area contributed by atoms with Crippen LogP contribution in [0.25, 0.3) is 6.08 Å². The summed E-state index contributed by atoms with van der Waals surface area (Å²) in [5.74, 6) is -0.240. The van der Waals surface area contributed by atoms with Crippen LogP contribution in [0.3, 0.4) is 0 Å². The zero-order chi connectivity index (χ0) is 12.4. The summed E-state index contributed by atoms with van der Waals surface area (Å²) in [5.41, 5.74) is 0.617. The predicted octanol–water partition coefficient (Wildman–Crippen LogP) is 0.241. The molecule has 1 aliphatic heterocycles. The Kier molecular flexibility index (Phi) is 3.14. The van der Waals surface area contributed by atoms with Crippen molar-refractivity contribution in [3.8, 4) is 5.88 Å². The van der Waals surface area contributed by atoms with Gasteiger partial charge in [-0.25, -0.2) is 4.68 Å². The van der Waals surface area contributed by atoms with E-state index in [0.717, 1.165) is 0 Å². The van der Waals surface area contributed by atoms with Gasteiger partial charge in [0.05, 0.1) is 18.8 Å². The molecule has 0 saturated carbocycles. The van der Waals surface area contributed by atoms with E-state index in [0.29, 0.717) is 31.9 Å². The Morgan fingerprint density at radius 2 is 2.18 bits per heavy atom. The second-order valence-electron chi connectivity index (χ2n) is 3.82. The van der Waals surface area contributed by atoms with Gasteiger partial charge in [0.2, 0.25) is 5.88 Å². The Labute approximate surface area is 99.1 Å². The number of aromatic hydroxyl groups is 1. The Balaban J connectivity index is 2.29. The minimum atomic E-state index is -0.195. The van der Waals surface area contributed by atoms with Crippen LogP contribution in [0.5, 0.6) is 5.88 Å². The van der Waals surface area contributed by atoms with E-state index in [1.165, 1.54) is 10.8 Å². The van der Waals surface area contributed by atoms with Crippen molar-refractivity contribution in [2.75, 3.05) is 26.3 Å². The van der Waals surface area contributed by atoms with Crippen molar-refractivity contribution in [2.45, 2.75) is 0 Å². The maximum absolute atomic E-state index is 12.2. The number of aryl methyl sites for hydroxylation is 1. The van der Waals surface area contributed by atoms with Crippen LogP contribution in [0.1, 0.15) is 16.1 Å². The van der Waals surface area contributed by atoms with Gasteiger partial charge in [-0.3, -0.25) is 4.79 Å². The van der Waals surface area contributed by atoms with Gasteiger partial charge in [-0.05, 0) is 0 Å². The SMILES string of the molecule is C=Cc1c(C(=O)N2CCOCC2)nn(C)c1O. The van der Waals surface area contributed by atoms with Crippen LogP contribution < -0.4 is 0 Å². The van der Waals surface area contributed by atoms with Gasteiger partial charge in [-0.1, -0.05) is 12.7 Å². The number of hydrogen-bond acceptors (Lipinski definition) is 4. The molecule has 17 heavy (non-hydrogen) atoms. The van der Waals surface area contributed by atoms with Crippen LogP contribution in [-0.2, 0) is 11.8 Å². The van der Waals surface area contributed by atoms with Gasteiger partial charge in [0.1, 0.15) is 0 Å². The van der Waals surface area contributed by atoms with Crippen LogP contribution in [0.15, 0.2) is 6.58 Å². The van der Waals surface area contributed by atoms with Gasteiger partial charge < -0.3 is 14.7 Å². The number of morpholine rings is 1. The monoisotopic (exact) mass is 237 g/mol. The molecule has 1 amide bonds. The number of amides is 1. The summed E-state index contributed by atoms with van der Waals surface area (Å²) in [6.07, 6.45) is 1.44. The van der Waals surface area contributed by atoms with Crippen LogP contribution >= 0.6 is 0 Å². The molecule has 2 heterocycles. The Morgan fingerprint density at radius 3 is 2.76 bits per heavy atom. The molecule has 1 saturated heterocycles. The van der Waals surface area contributed by atoms with E-state index in [4.69, 9.17) is 4.74 Å². The van der Waals surface area contributed by atoms with E-state index in [1.807, 2.05) is 0 Å². The summed E-state index contributed by atoms with van der Waals surface area (Å²) in [5, 5.41) is 13.7. The van der Waals surface area contributed by atoms with E-state index in [-0.39, 0.29) is 17.5 Å². The largest absolute Gasteiger partial charge is 0.493 e. The number of ether oxygens (including phenoxy) is 1. The molecular formula is C11H15N3O3. The molecule has 0 unspecified atom stereocenters. The number of nitrogens with zero attached hydrogens (tertiary/aromatic N) is 3. The van der Waals surface area contributed by atoms with Gasteiger partial charge in [-0.15, -0.1) is 0 Å². The molecule has 0 radical (unpaired) electrons. The summed E-state index contributed by atoms with van der Waals surface area (Å²) >= 11 is 0. The molecule has 6 nitrogen and oxygen atoms in total. The van der Waals surface area contributed by atoms with Gasteiger partial charge in [0.15, 0.2) is 5.69 Å². The first-order valence-corrected chi connectivity index (χ1v) is 5.40. The topological polar surface area (TPSA) is 67.6 Å². The molecule has 0 spiro atoms. The second-order valence-corrected chi connectivity index (χ2v) is 3.82. The Bertz CT molecular complexity index is 447. The average molecular weight is 237 g/mol. The Hall–Kier alpha value is -1.82. The number of carbonyl (C=O) groups is 1. The van der Waals surface area contributed by atoms with Gasteiger partial charge >= 0.3 is 0 Å². The highest BCUT2D eigenvalue weighted by Gasteiger charge is 2.25. The summed E-state index contributed by atoms with van der Waals surface area (Å²) in [6, 6.07) is 0. The highest BCUT2D eigenvalue weighted by Crippen LogP contribution is 2.22.